The highest BCUT2D eigenvalue weighted by molar-refractivity contribution is 5.85. The van der Waals surface area contributed by atoms with Crippen LogP contribution in [0.15, 0.2) is 6.07 Å². The Morgan fingerprint density at radius 1 is 1.36 bits per heavy atom. The molecule has 0 saturated heterocycles. The molecule has 3 nitrogen and oxygen atoms in total. The van der Waals surface area contributed by atoms with Crippen LogP contribution in [0.2, 0.25) is 0 Å². The summed E-state index contributed by atoms with van der Waals surface area (Å²) in [6.07, 6.45) is 0. The molecule has 0 aliphatic carbocycles. The van der Waals surface area contributed by atoms with Gasteiger partial charge in [0.1, 0.15) is 5.82 Å². The Bertz CT molecular complexity index is 217. The molecular weight excluding hydrogens is 162 g/mol. The van der Waals surface area contributed by atoms with Crippen LogP contribution in [0.5, 0.6) is 0 Å². The van der Waals surface area contributed by atoms with Crippen molar-refractivity contribution in [2.75, 3.05) is 0 Å². The van der Waals surface area contributed by atoms with E-state index in [1.807, 2.05) is 19.9 Å². The van der Waals surface area contributed by atoms with E-state index in [0.29, 0.717) is 6.54 Å². The predicted molar refractivity (Wildman–Crippen MR) is 46.6 cm³/mol. The number of rotatable bonds is 1. The van der Waals surface area contributed by atoms with Crippen molar-refractivity contribution in [1.82, 2.24) is 9.97 Å². The third-order valence-electron chi connectivity index (χ3n) is 1.23. The molecule has 2 N–H and O–H groups in total. The first-order valence-electron chi connectivity index (χ1n) is 3.23. The molecule has 0 aliphatic heterocycles. The second kappa shape index (κ2) is 4.26. The van der Waals surface area contributed by atoms with Crippen molar-refractivity contribution < 1.29 is 0 Å². The van der Waals surface area contributed by atoms with E-state index in [1.54, 1.807) is 0 Å². The number of nitrogens with zero attached hydrogens (tertiary/aromatic N) is 2. The van der Waals surface area contributed by atoms with Gasteiger partial charge < -0.3 is 5.73 Å². The standard InChI is InChI=1S/C7H11N3.ClH/c1-5-3-7(4-8)10-6(2)9-5;/h3H,4,8H2,1-2H3;1H. The first-order valence-corrected chi connectivity index (χ1v) is 3.23. The summed E-state index contributed by atoms with van der Waals surface area (Å²) in [7, 11) is 0. The minimum Gasteiger partial charge on any atom is -0.325 e. The van der Waals surface area contributed by atoms with Crippen LogP contribution in [0.25, 0.3) is 0 Å². The Morgan fingerprint density at radius 3 is 2.45 bits per heavy atom. The van der Waals surface area contributed by atoms with E-state index in [9.17, 15) is 0 Å². The van der Waals surface area contributed by atoms with E-state index in [2.05, 4.69) is 9.97 Å². The van der Waals surface area contributed by atoms with Crippen LogP contribution in [0, 0.1) is 13.8 Å². The molecule has 4 heteroatoms. The normalized spacial score (nSPS) is 9.00. The van der Waals surface area contributed by atoms with Gasteiger partial charge in [-0.3, -0.25) is 0 Å². The molecule has 1 aromatic heterocycles. The van der Waals surface area contributed by atoms with Gasteiger partial charge >= 0.3 is 0 Å². The molecule has 0 amide bonds. The van der Waals surface area contributed by atoms with E-state index in [4.69, 9.17) is 5.73 Å². The maximum Gasteiger partial charge on any atom is 0.125 e. The zero-order valence-electron chi connectivity index (χ0n) is 6.66. The Kier molecular flexibility index (Phi) is 4.00. The molecule has 0 aromatic carbocycles. The van der Waals surface area contributed by atoms with Crippen LogP contribution in [0.3, 0.4) is 0 Å². The largest absolute Gasteiger partial charge is 0.325 e. The minimum absolute atomic E-state index is 0. The summed E-state index contributed by atoms with van der Waals surface area (Å²) >= 11 is 0. The topological polar surface area (TPSA) is 51.8 Å². The second-order valence-electron chi connectivity index (χ2n) is 2.25. The highest BCUT2D eigenvalue weighted by Gasteiger charge is 1.94. The van der Waals surface area contributed by atoms with Crippen LogP contribution in [0.4, 0.5) is 0 Å². The van der Waals surface area contributed by atoms with Crippen molar-refractivity contribution in [3.05, 3.63) is 23.3 Å². The maximum absolute atomic E-state index is 5.40. The molecule has 1 rings (SSSR count). The van der Waals surface area contributed by atoms with E-state index in [-0.39, 0.29) is 12.4 Å². The predicted octanol–water partition coefficient (Wildman–Crippen LogP) is 0.974. The fraction of sp³-hybridized carbons (Fsp3) is 0.429. The molecule has 11 heavy (non-hydrogen) atoms. The van der Waals surface area contributed by atoms with Crippen LogP contribution in [-0.2, 0) is 6.54 Å². The first kappa shape index (κ1) is 10.3. The van der Waals surface area contributed by atoms with Gasteiger partial charge in [0.15, 0.2) is 0 Å². The van der Waals surface area contributed by atoms with E-state index < -0.39 is 0 Å². The van der Waals surface area contributed by atoms with E-state index in [0.717, 1.165) is 17.2 Å². The lowest BCUT2D eigenvalue weighted by Gasteiger charge is -1.98. The summed E-state index contributed by atoms with van der Waals surface area (Å²) in [5, 5.41) is 0. The second-order valence-corrected chi connectivity index (χ2v) is 2.25. The van der Waals surface area contributed by atoms with Crippen molar-refractivity contribution in [3.63, 3.8) is 0 Å². The Labute approximate surface area is 72.5 Å². The number of hydrogen-bond acceptors (Lipinski definition) is 3. The van der Waals surface area contributed by atoms with Gasteiger partial charge in [0.25, 0.3) is 0 Å². The average Bonchev–Trinajstić information content (AvgIpc) is 1.85. The van der Waals surface area contributed by atoms with Crippen molar-refractivity contribution in [3.8, 4) is 0 Å². The lowest BCUT2D eigenvalue weighted by atomic mass is 10.3. The van der Waals surface area contributed by atoms with Crippen molar-refractivity contribution in [1.29, 1.82) is 0 Å². The van der Waals surface area contributed by atoms with Crippen molar-refractivity contribution >= 4 is 12.4 Å². The molecule has 1 aromatic rings. The summed E-state index contributed by atoms with van der Waals surface area (Å²) in [5.41, 5.74) is 7.28. The Hall–Kier alpha value is -0.670. The molecule has 0 fully saturated rings. The van der Waals surface area contributed by atoms with Crippen LogP contribution < -0.4 is 5.73 Å². The summed E-state index contributed by atoms with van der Waals surface area (Å²) in [6.45, 7) is 4.30. The monoisotopic (exact) mass is 173 g/mol. The third-order valence-corrected chi connectivity index (χ3v) is 1.23. The SMILES string of the molecule is Cc1cc(CN)nc(C)n1.Cl. The van der Waals surface area contributed by atoms with E-state index in [1.165, 1.54) is 0 Å². The van der Waals surface area contributed by atoms with Crippen LogP contribution in [-0.4, -0.2) is 9.97 Å². The highest BCUT2D eigenvalue weighted by atomic mass is 35.5. The molecule has 0 aliphatic rings. The van der Waals surface area contributed by atoms with Gasteiger partial charge in [0.2, 0.25) is 0 Å². The van der Waals surface area contributed by atoms with Gasteiger partial charge in [-0.15, -0.1) is 12.4 Å². The molecule has 0 saturated carbocycles. The highest BCUT2D eigenvalue weighted by Crippen LogP contribution is 1.97. The summed E-state index contributed by atoms with van der Waals surface area (Å²) in [5.74, 6) is 0.792. The summed E-state index contributed by atoms with van der Waals surface area (Å²) in [6, 6.07) is 1.90. The lowest BCUT2D eigenvalue weighted by molar-refractivity contribution is 0.907. The number of halogens is 1. The van der Waals surface area contributed by atoms with Crippen molar-refractivity contribution in [2.45, 2.75) is 20.4 Å². The van der Waals surface area contributed by atoms with Gasteiger partial charge in [-0.1, -0.05) is 0 Å². The van der Waals surface area contributed by atoms with Gasteiger partial charge in [-0.25, -0.2) is 9.97 Å². The maximum atomic E-state index is 5.40. The Morgan fingerprint density at radius 2 is 2.00 bits per heavy atom. The smallest absolute Gasteiger partial charge is 0.125 e. The van der Waals surface area contributed by atoms with Crippen LogP contribution in [0.1, 0.15) is 17.2 Å². The van der Waals surface area contributed by atoms with Gasteiger partial charge in [0, 0.05) is 12.2 Å². The number of hydrogen-bond donors (Lipinski definition) is 1. The third kappa shape index (κ3) is 2.82. The lowest BCUT2D eigenvalue weighted by Crippen LogP contribution is -2.02. The fourth-order valence-electron chi connectivity index (χ4n) is 0.898. The number of nitrogens with two attached hydrogens (primary N) is 1. The molecular formula is C7H12ClN3. The zero-order valence-corrected chi connectivity index (χ0v) is 7.48. The van der Waals surface area contributed by atoms with Crippen molar-refractivity contribution in [2.24, 2.45) is 5.73 Å². The molecule has 0 radical (unpaired) electrons. The molecule has 0 bridgehead atoms. The first-order chi connectivity index (χ1) is 4.72. The number of aromatic nitrogens is 2. The zero-order chi connectivity index (χ0) is 7.56. The summed E-state index contributed by atoms with van der Waals surface area (Å²) < 4.78 is 0. The molecule has 0 spiro atoms. The number of aryl methyl sites for hydroxylation is 2. The van der Waals surface area contributed by atoms with Gasteiger partial charge in [-0.2, -0.15) is 0 Å². The van der Waals surface area contributed by atoms with E-state index >= 15 is 0 Å². The molecule has 1 heterocycles. The molecule has 0 atom stereocenters. The summed E-state index contributed by atoms with van der Waals surface area (Å²) in [4.78, 5) is 8.23. The van der Waals surface area contributed by atoms with Crippen LogP contribution >= 0.6 is 12.4 Å². The average molecular weight is 174 g/mol. The van der Waals surface area contributed by atoms with Gasteiger partial charge in [-0.05, 0) is 19.9 Å². The molecule has 62 valence electrons. The minimum atomic E-state index is 0. The Balaban J connectivity index is 0.000001000. The fourth-order valence-corrected chi connectivity index (χ4v) is 0.898. The van der Waals surface area contributed by atoms with Gasteiger partial charge in [0.05, 0.1) is 5.69 Å². The quantitative estimate of drug-likeness (QED) is 0.689. The molecule has 0 unspecified atom stereocenters.